The summed E-state index contributed by atoms with van der Waals surface area (Å²) in [5.74, 6) is 0.444. The van der Waals surface area contributed by atoms with Crippen LogP contribution < -0.4 is 5.32 Å². The Balaban J connectivity index is 1.60. The summed E-state index contributed by atoms with van der Waals surface area (Å²) >= 11 is 0. The second-order valence-electron chi connectivity index (χ2n) is 6.58. The molecule has 5 heteroatoms. The molecule has 0 bridgehead atoms. The molecule has 1 unspecified atom stereocenters. The SMILES string of the molecule is Cc1ccc(NC(=O)CN2CCC(O)(c3ccccc3C)C2)nc1. The molecule has 1 atom stereocenters. The Morgan fingerprint density at radius 1 is 1.29 bits per heavy atom. The Bertz CT molecular complexity index is 730. The van der Waals surface area contributed by atoms with E-state index >= 15 is 0 Å². The van der Waals surface area contributed by atoms with Gasteiger partial charge in [0, 0.05) is 19.3 Å². The first-order valence-electron chi connectivity index (χ1n) is 8.20. The molecule has 1 fully saturated rings. The fourth-order valence-corrected chi connectivity index (χ4v) is 3.25. The van der Waals surface area contributed by atoms with Gasteiger partial charge in [-0.25, -0.2) is 4.98 Å². The highest BCUT2D eigenvalue weighted by atomic mass is 16.3. The van der Waals surface area contributed by atoms with E-state index in [1.807, 2.05) is 49.1 Å². The van der Waals surface area contributed by atoms with Crippen molar-refractivity contribution in [1.82, 2.24) is 9.88 Å². The summed E-state index contributed by atoms with van der Waals surface area (Å²) in [7, 11) is 0. The molecule has 126 valence electrons. The normalized spacial score (nSPS) is 21.0. The molecule has 0 saturated carbocycles. The van der Waals surface area contributed by atoms with Crippen LogP contribution in [0, 0.1) is 13.8 Å². The number of rotatable bonds is 4. The summed E-state index contributed by atoms with van der Waals surface area (Å²) in [4.78, 5) is 18.4. The Kier molecular flexibility index (Phi) is 4.64. The van der Waals surface area contributed by atoms with Crippen molar-refractivity contribution < 1.29 is 9.90 Å². The maximum absolute atomic E-state index is 12.2. The lowest BCUT2D eigenvalue weighted by Gasteiger charge is -2.25. The van der Waals surface area contributed by atoms with Crippen molar-refractivity contribution in [2.45, 2.75) is 25.9 Å². The molecule has 2 heterocycles. The van der Waals surface area contributed by atoms with Gasteiger partial charge < -0.3 is 10.4 Å². The molecule has 24 heavy (non-hydrogen) atoms. The number of nitrogens with zero attached hydrogens (tertiary/aromatic N) is 2. The first-order chi connectivity index (χ1) is 11.5. The van der Waals surface area contributed by atoms with Crippen LogP contribution in [0.15, 0.2) is 42.6 Å². The quantitative estimate of drug-likeness (QED) is 0.905. The van der Waals surface area contributed by atoms with E-state index in [2.05, 4.69) is 10.3 Å². The molecular weight excluding hydrogens is 302 g/mol. The van der Waals surface area contributed by atoms with Crippen LogP contribution in [0.3, 0.4) is 0 Å². The maximum atomic E-state index is 12.2. The number of hydrogen-bond acceptors (Lipinski definition) is 4. The van der Waals surface area contributed by atoms with Crippen LogP contribution in [-0.2, 0) is 10.4 Å². The van der Waals surface area contributed by atoms with Crippen molar-refractivity contribution in [3.63, 3.8) is 0 Å². The fourth-order valence-electron chi connectivity index (χ4n) is 3.25. The van der Waals surface area contributed by atoms with Crippen LogP contribution in [0.4, 0.5) is 5.82 Å². The first kappa shape index (κ1) is 16.6. The Labute approximate surface area is 142 Å². The molecule has 3 rings (SSSR count). The van der Waals surface area contributed by atoms with E-state index in [4.69, 9.17) is 0 Å². The summed E-state index contributed by atoms with van der Waals surface area (Å²) in [6.07, 6.45) is 2.36. The third kappa shape index (κ3) is 3.63. The lowest BCUT2D eigenvalue weighted by atomic mass is 9.89. The van der Waals surface area contributed by atoms with Crippen LogP contribution in [0.1, 0.15) is 23.1 Å². The highest BCUT2D eigenvalue weighted by molar-refractivity contribution is 5.91. The highest BCUT2D eigenvalue weighted by Crippen LogP contribution is 2.33. The van der Waals surface area contributed by atoms with Gasteiger partial charge in [-0.1, -0.05) is 30.3 Å². The third-order valence-electron chi connectivity index (χ3n) is 4.52. The minimum atomic E-state index is -0.881. The van der Waals surface area contributed by atoms with Crippen molar-refractivity contribution in [3.8, 4) is 0 Å². The maximum Gasteiger partial charge on any atom is 0.239 e. The molecular formula is C19H23N3O2. The summed E-state index contributed by atoms with van der Waals surface area (Å²) in [5.41, 5.74) is 2.20. The molecule has 1 aliphatic heterocycles. The molecule has 0 radical (unpaired) electrons. The summed E-state index contributed by atoms with van der Waals surface area (Å²) < 4.78 is 0. The average molecular weight is 325 g/mol. The molecule has 1 aromatic carbocycles. The van der Waals surface area contributed by atoms with Crippen LogP contribution >= 0.6 is 0 Å². The number of nitrogens with one attached hydrogen (secondary N) is 1. The smallest absolute Gasteiger partial charge is 0.239 e. The van der Waals surface area contributed by atoms with E-state index in [1.54, 1.807) is 12.3 Å². The lowest BCUT2D eigenvalue weighted by molar-refractivity contribution is -0.117. The van der Waals surface area contributed by atoms with Gasteiger partial charge in [-0.3, -0.25) is 9.69 Å². The van der Waals surface area contributed by atoms with Crippen LogP contribution in [0.2, 0.25) is 0 Å². The van der Waals surface area contributed by atoms with Gasteiger partial charge >= 0.3 is 0 Å². The van der Waals surface area contributed by atoms with Gasteiger partial charge in [0.05, 0.1) is 6.54 Å². The second-order valence-corrected chi connectivity index (χ2v) is 6.58. The molecule has 0 spiro atoms. The number of aliphatic hydroxyl groups is 1. The van der Waals surface area contributed by atoms with Crippen LogP contribution in [0.25, 0.3) is 0 Å². The number of benzene rings is 1. The number of aromatic nitrogens is 1. The Morgan fingerprint density at radius 2 is 2.08 bits per heavy atom. The molecule has 0 aliphatic carbocycles. The highest BCUT2D eigenvalue weighted by Gasteiger charge is 2.38. The predicted molar refractivity (Wildman–Crippen MR) is 93.7 cm³/mol. The molecule has 2 aromatic rings. The zero-order valence-corrected chi connectivity index (χ0v) is 14.1. The molecule has 1 amide bonds. The van der Waals surface area contributed by atoms with Crippen LogP contribution in [-0.4, -0.2) is 40.5 Å². The minimum Gasteiger partial charge on any atom is -0.384 e. The summed E-state index contributed by atoms with van der Waals surface area (Å²) in [6.45, 7) is 5.37. The number of amides is 1. The third-order valence-corrected chi connectivity index (χ3v) is 4.52. The monoisotopic (exact) mass is 325 g/mol. The largest absolute Gasteiger partial charge is 0.384 e. The minimum absolute atomic E-state index is 0.111. The number of aryl methyl sites for hydroxylation is 2. The van der Waals surface area contributed by atoms with E-state index < -0.39 is 5.60 Å². The van der Waals surface area contributed by atoms with E-state index in [0.717, 1.165) is 16.7 Å². The zero-order chi connectivity index (χ0) is 17.2. The van der Waals surface area contributed by atoms with Crippen molar-refractivity contribution in [1.29, 1.82) is 0 Å². The van der Waals surface area contributed by atoms with E-state index in [0.29, 0.717) is 25.3 Å². The van der Waals surface area contributed by atoms with E-state index in [9.17, 15) is 9.90 Å². The van der Waals surface area contributed by atoms with Gasteiger partial charge in [0.15, 0.2) is 0 Å². The van der Waals surface area contributed by atoms with Crippen molar-refractivity contribution in [3.05, 3.63) is 59.3 Å². The lowest BCUT2D eigenvalue weighted by Crippen LogP contribution is -2.36. The molecule has 2 N–H and O–H groups in total. The number of hydrogen-bond donors (Lipinski definition) is 2. The average Bonchev–Trinajstić information content (AvgIpc) is 2.92. The number of anilines is 1. The van der Waals surface area contributed by atoms with Crippen molar-refractivity contribution in [2.24, 2.45) is 0 Å². The fraction of sp³-hybridized carbons (Fsp3) is 0.368. The zero-order valence-electron chi connectivity index (χ0n) is 14.1. The van der Waals surface area contributed by atoms with Crippen LogP contribution in [0.5, 0.6) is 0 Å². The van der Waals surface area contributed by atoms with E-state index in [1.165, 1.54) is 0 Å². The van der Waals surface area contributed by atoms with Gasteiger partial charge in [0.2, 0.25) is 5.91 Å². The van der Waals surface area contributed by atoms with Gasteiger partial charge in [-0.2, -0.15) is 0 Å². The molecule has 1 saturated heterocycles. The summed E-state index contributed by atoms with van der Waals surface area (Å²) in [6, 6.07) is 11.6. The topological polar surface area (TPSA) is 65.5 Å². The molecule has 1 aliphatic rings. The predicted octanol–water partition coefficient (Wildman–Crippen LogP) is 2.23. The Hall–Kier alpha value is -2.24. The first-order valence-corrected chi connectivity index (χ1v) is 8.20. The number of β-amino-alcohol motifs (C(OH)–C–C–N with tert-alkyl or cyclic N) is 1. The number of pyridine rings is 1. The number of carbonyl (C=O) groups is 1. The second kappa shape index (κ2) is 6.71. The summed E-state index contributed by atoms with van der Waals surface area (Å²) in [5, 5.41) is 13.8. The number of carbonyl (C=O) groups excluding carboxylic acids is 1. The van der Waals surface area contributed by atoms with E-state index in [-0.39, 0.29) is 12.5 Å². The number of likely N-dealkylation sites (tertiary alicyclic amines) is 1. The van der Waals surface area contributed by atoms with Gasteiger partial charge in [0.25, 0.3) is 0 Å². The molecule has 5 nitrogen and oxygen atoms in total. The van der Waals surface area contributed by atoms with Gasteiger partial charge in [-0.15, -0.1) is 0 Å². The standard InChI is InChI=1S/C19H23N3O2/c1-14-7-8-17(20-11-14)21-18(23)12-22-10-9-19(24,13-22)16-6-4-3-5-15(16)2/h3-8,11,24H,9-10,12-13H2,1-2H3,(H,20,21,23). The Morgan fingerprint density at radius 3 is 2.79 bits per heavy atom. The van der Waals surface area contributed by atoms with Crippen molar-refractivity contribution >= 4 is 11.7 Å². The molecule has 1 aromatic heterocycles. The van der Waals surface area contributed by atoms with Gasteiger partial charge in [0.1, 0.15) is 11.4 Å². The van der Waals surface area contributed by atoms with Crippen molar-refractivity contribution in [2.75, 3.05) is 25.0 Å². The van der Waals surface area contributed by atoms with Gasteiger partial charge in [-0.05, 0) is 43.0 Å².